The SMILES string of the molecule is C.COCCOC(=O)NCCC(N=[N+]=[N-])OC1C[C@H](C)O[C@@H]1COP(=O)([O-])OP(=O)([O-])OP(=O)([O-])O. The Morgan fingerprint density at radius 3 is 2.50 bits per heavy atom. The molecule has 22 heteroatoms. The lowest BCUT2D eigenvalue weighted by Gasteiger charge is -2.33. The number of hydrogen-bond donors (Lipinski definition) is 2. The molecule has 0 aromatic rings. The highest BCUT2D eigenvalue weighted by Gasteiger charge is 2.37. The lowest BCUT2D eigenvalue weighted by molar-refractivity contribution is -0.250. The number of hydrogen-bond acceptors (Lipinski definition) is 15. The van der Waals surface area contributed by atoms with Crippen molar-refractivity contribution < 1.29 is 70.2 Å². The first-order valence-electron chi connectivity index (χ1n) is 9.64. The van der Waals surface area contributed by atoms with Crippen LogP contribution in [-0.4, -0.2) is 69.0 Å². The van der Waals surface area contributed by atoms with Crippen LogP contribution in [0.2, 0.25) is 0 Å². The molecular formula is C14H28N4O15P3-3. The van der Waals surface area contributed by atoms with Crippen LogP contribution in [0.25, 0.3) is 10.4 Å². The molecule has 36 heavy (non-hydrogen) atoms. The van der Waals surface area contributed by atoms with Crippen molar-refractivity contribution in [2.75, 3.05) is 33.5 Å². The molecule has 2 N–H and O–H groups in total. The molecule has 1 fully saturated rings. The van der Waals surface area contributed by atoms with Gasteiger partial charge in [-0.1, -0.05) is 12.5 Å². The van der Waals surface area contributed by atoms with Crippen LogP contribution in [0, 0.1) is 0 Å². The topological polar surface area (TPSA) is 283 Å². The van der Waals surface area contributed by atoms with Gasteiger partial charge in [0.05, 0.1) is 25.4 Å². The van der Waals surface area contributed by atoms with Crippen molar-refractivity contribution in [2.24, 2.45) is 5.11 Å². The van der Waals surface area contributed by atoms with Crippen LogP contribution in [0.3, 0.4) is 0 Å². The van der Waals surface area contributed by atoms with Gasteiger partial charge in [0, 0.05) is 25.0 Å². The van der Waals surface area contributed by atoms with E-state index in [2.05, 4.69) is 28.5 Å². The fourth-order valence-electron chi connectivity index (χ4n) is 2.64. The lowest BCUT2D eigenvalue weighted by atomic mass is 10.1. The van der Waals surface area contributed by atoms with Crippen LogP contribution in [0.5, 0.6) is 0 Å². The zero-order valence-corrected chi connectivity index (χ0v) is 21.1. The number of phosphoric acid groups is 3. The van der Waals surface area contributed by atoms with Gasteiger partial charge >= 0.3 is 6.09 Å². The molecule has 19 nitrogen and oxygen atoms in total. The van der Waals surface area contributed by atoms with E-state index in [-0.39, 0.29) is 40.0 Å². The van der Waals surface area contributed by atoms with Crippen LogP contribution < -0.4 is 20.0 Å². The normalized spacial score (nSPS) is 25.2. The summed E-state index contributed by atoms with van der Waals surface area (Å²) in [6.45, 7) is 0.974. The number of phosphoric ester groups is 1. The summed E-state index contributed by atoms with van der Waals surface area (Å²) in [5.74, 6) is 0. The zero-order valence-electron chi connectivity index (χ0n) is 18.4. The van der Waals surface area contributed by atoms with E-state index in [9.17, 15) is 33.2 Å². The number of carbonyl (C=O) groups excluding carboxylic acids is 1. The molecule has 1 aliphatic rings. The van der Waals surface area contributed by atoms with Gasteiger partial charge in [0.2, 0.25) is 0 Å². The summed E-state index contributed by atoms with van der Waals surface area (Å²) in [5.41, 5.74) is 8.75. The van der Waals surface area contributed by atoms with E-state index in [4.69, 9.17) is 29.4 Å². The Morgan fingerprint density at radius 1 is 1.25 bits per heavy atom. The Morgan fingerprint density at radius 2 is 1.92 bits per heavy atom. The smallest absolute Gasteiger partial charge is 0.407 e. The number of carbonyl (C=O) groups is 1. The first-order chi connectivity index (χ1) is 16.2. The number of nitrogens with one attached hydrogen (secondary N) is 1. The third kappa shape index (κ3) is 15.2. The second-order valence-electron chi connectivity index (χ2n) is 6.72. The Balaban J connectivity index is 0.0000122. The molecule has 0 spiro atoms. The largest absolute Gasteiger partial charge is 0.756 e. The number of methoxy groups -OCH3 is 1. The number of alkyl carbamates (subject to hydrolysis) is 1. The van der Waals surface area contributed by atoms with Gasteiger partial charge in [0.15, 0.2) is 0 Å². The standard InChI is InChI=1S/C13H27N4O15P3.CH4/c1-9-7-10(30-12(16-17-14)3-4-15-13(18)27-6-5-26-2)11(29-9)8-28-34(22,23)32-35(24,25)31-33(19,20)21;/h9-12H,3-8H2,1-2H3,(H,15,18)(H,22,23)(H,24,25)(H2,19,20,21);1H4/p-3/t9-,10?,11+,12?;/m0./s1. The number of azide groups is 1. The molecule has 1 aliphatic heterocycles. The summed E-state index contributed by atoms with van der Waals surface area (Å²) in [7, 11) is -16.2. The maximum Gasteiger partial charge on any atom is 0.407 e. The van der Waals surface area contributed by atoms with Crippen molar-refractivity contribution >= 4 is 29.6 Å². The van der Waals surface area contributed by atoms with Gasteiger partial charge in [-0.15, -0.1) is 0 Å². The maximum atomic E-state index is 11.7. The summed E-state index contributed by atoms with van der Waals surface area (Å²) in [6, 6.07) is 0. The van der Waals surface area contributed by atoms with Gasteiger partial charge in [-0.2, -0.15) is 0 Å². The van der Waals surface area contributed by atoms with E-state index < -0.39 is 60.7 Å². The first kappa shape index (κ1) is 34.9. The second-order valence-corrected chi connectivity index (χ2v) is 11.0. The second kappa shape index (κ2) is 16.0. The van der Waals surface area contributed by atoms with Crippen LogP contribution >= 0.6 is 23.5 Å². The average Bonchev–Trinajstić information content (AvgIpc) is 3.03. The van der Waals surface area contributed by atoms with Crippen molar-refractivity contribution in [2.45, 2.75) is 51.7 Å². The third-order valence-corrected chi connectivity index (χ3v) is 7.57. The molecule has 0 bridgehead atoms. The van der Waals surface area contributed by atoms with E-state index in [1.54, 1.807) is 6.92 Å². The van der Waals surface area contributed by atoms with Crippen LogP contribution in [0.4, 0.5) is 4.79 Å². The minimum atomic E-state index is -6.04. The summed E-state index contributed by atoms with van der Waals surface area (Å²) < 4.78 is 65.2. The van der Waals surface area contributed by atoms with Gasteiger partial charge in [-0.05, 0) is 18.9 Å². The van der Waals surface area contributed by atoms with Crippen LogP contribution in [-0.2, 0) is 45.8 Å². The van der Waals surface area contributed by atoms with Gasteiger partial charge in [-0.25, -0.2) is 13.4 Å². The molecule has 212 valence electrons. The van der Waals surface area contributed by atoms with Crippen LogP contribution in [0.1, 0.15) is 27.2 Å². The van der Waals surface area contributed by atoms with E-state index in [1.165, 1.54) is 7.11 Å². The third-order valence-electron chi connectivity index (χ3n) is 3.88. The van der Waals surface area contributed by atoms with E-state index in [0.717, 1.165) is 0 Å². The van der Waals surface area contributed by atoms with Crippen molar-refractivity contribution in [1.82, 2.24) is 5.32 Å². The molecule has 1 heterocycles. The molecule has 0 radical (unpaired) electrons. The fraction of sp³-hybridized carbons (Fsp3) is 0.929. The molecule has 1 saturated heterocycles. The number of ether oxygens (including phenoxy) is 4. The number of amides is 1. The first-order valence-corrected chi connectivity index (χ1v) is 14.1. The molecule has 1 amide bonds. The highest BCUT2D eigenvalue weighted by atomic mass is 31.3. The number of nitrogens with zero attached hydrogens (tertiary/aromatic N) is 3. The summed E-state index contributed by atoms with van der Waals surface area (Å²) in [5, 5.41) is 5.84. The van der Waals surface area contributed by atoms with Gasteiger partial charge in [0.25, 0.3) is 23.5 Å². The Labute approximate surface area is 206 Å². The average molecular weight is 585 g/mol. The number of rotatable bonds is 16. The highest BCUT2D eigenvalue weighted by Crippen LogP contribution is 2.61. The molecule has 5 unspecified atom stereocenters. The monoisotopic (exact) mass is 585 g/mol. The quantitative estimate of drug-likeness (QED) is 0.0794. The molecule has 1 rings (SSSR count). The van der Waals surface area contributed by atoms with Crippen LogP contribution in [0.15, 0.2) is 5.11 Å². The van der Waals surface area contributed by atoms with Crippen molar-refractivity contribution in [3.8, 4) is 0 Å². The van der Waals surface area contributed by atoms with Crippen molar-refractivity contribution in [1.29, 1.82) is 0 Å². The minimum absolute atomic E-state index is 0. The highest BCUT2D eigenvalue weighted by molar-refractivity contribution is 7.65. The zero-order chi connectivity index (χ0) is 26.7. The van der Waals surface area contributed by atoms with E-state index in [1.807, 2.05) is 0 Å². The van der Waals surface area contributed by atoms with Gasteiger partial charge in [0.1, 0.15) is 18.9 Å². The Bertz CT molecular complexity index is 882. The molecule has 7 atom stereocenters. The van der Waals surface area contributed by atoms with Crippen molar-refractivity contribution in [3.05, 3.63) is 10.4 Å². The summed E-state index contributed by atoms with van der Waals surface area (Å²) in [6.07, 6.45) is -4.17. The van der Waals surface area contributed by atoms with Gasteiger partial charge in [-0.3, -0.25) is 13.7 Å². The Hall–Kier alpha value is -1.13. The molecule has 0 saturated carbocycles. The van der Waals surface area contributed by atoms with E-state index in [0.29, 0.717) is 0 Å². The minimum Gasteiger partial charge on any atom is -0.756 e. The summed E-state index contributed by atoms with van der Waals surface area (Å²) in [4.78, 5) is 56.0. The Kier molecular flexibility index (Phi) is 15.5. The van der Waals surface area contributed by atoms with E-state index >= 15 is 0 Å². The molecule has 0 aromatic heterocycles. The fourth-order valence-corrected chi connectivity index (χ4v) is 5.54. The van der Waals surface area contributed by atoms with Crippen molar-refractivity contribution in [3.63, 3.8) is 0 Å². The molecule has 0 aromatic carbocycles. The molecular weight excluding hydrogens is 557 g/mol. The maximum absolute atomic E-state index is 11.7. The molecule has 0 aliphatic carbocycles. The van der Waals surface area contributed by atoms with Gasteiger partial charge < -0.3 is 48.4 Å². The predicted octanol–water partition coefficient (Wildman–Crippen LogP) is 0.0315. The summed E-state index contributed by atoms with van der Waals surface area (Å²) >= 11 is 0. The predicted molar refractivity (Wildman–Crippen MR) is 112 cm³/mol. The lowest BCUT2D eigenvalue weighted by Crippen LogP contribution is -2.34.